The van der Waals surface area contributed by atoms with Crippen LogP contribution in [0.25, 0.3) is 28.0 Å². The summed E-state index contributed by atoms with van der Waals surface area (Å²) < 4.78 is 6.74. The van der Waals surface area contributed by atoms with Gasteiger partial charge in [0.2, 0.25) is 0 Å². The van der Waals surface area contributed by atoms with Crippen molar-refractivity contribution in [3.05, 3.63) is 78.6 Å². The summed E-state index contributed by atoms with van der Waals surface area (Å²) in [6.45, 7) is 2.43. The van der Waals surface area contributed by atoms with Crippen LogP contribution in [0.3, 0.4) is 0 Å². The average Bonchev–Trinajstić information content (AvgIpc) is 3.22. The number of imidazole rings is 1. The van der Waals surface area contributed by atoms with Gasteiger partial charge in [0.25, 0.3) is 0 Å². The van der Waals surface area contributed by atoms with E-state index in [1.165, 1.54) is 7.11 Å². The molecule has 2 heterocycles. The first-order valence-electron chi connectivity index (χ1n) is 9.90. The smallest absolute Gasteiger partial charge is 0.337 e. The third kappa shape index (κ3) is 4.25. The van der Waals surface area contributed by atoms with Gasteiger partial charge < -0.3 is 15.4 Å². The van der Waals surface area contributed by atoms with Crippen molar-refractivity contribution < 1.29 is 14.3 Å². The fourth-order valence-corrected chi connectivity index (χ4v) is 3.38. The number of nitrogens with one attached hydrogen (secondary N) is 2. The highest BCUT2D eigenvalue weighted by Crippen LogP contribution is 2.27. The normalized spacial score (nSPS) is 10.6. The number of nitrogens with zero attached hydrogens (tertiary/aromatic N) is 2. The summed E-state index contributed by atoms with van der Waals surface area (Å²) in [6, 6.07) is 18.7. The zero-order chi connectivity index (χ0) is 21.8. The molecule has 2 N–H and O–H groups in total. The predicted molar refractivity (Wildman–Crippen MR) is 120 cm³/mol. The second-order valence-electron chi connectivity index (χ2n) is 6.92. The quantitative estimate of drug-likeness (QED) is 0.468. The lowest BCUT2D eigenvalue weighted by Gasteiger charge is -2.09. The molecule has 0 fully saturated rings. The minimum Gasteiger partial charge on any atom is -0.465 e. The Balaban J connectivity index is 1.62. The molecule has 0 saturated heterocycles. The molecule has 0 spiro atoms. The highest BCUT2D eigenvalue weighted by molar-refractivity contribution is 5.90. The van der Waals surface area contributed by atoms with Crippen molar-refractivity contribution in [1.29, 1.82) is 0 Å². The maximum Gasteiger partial charge on any atom is 0.337 e. The van der Waals surface area contributed by atoms with Gasteiger partial charge >= 0.3 is 12.0 Å². The van der Waals surface area contributed by atoms with Crippen molar-refractivity contribution in [3.8, 4) is 22.4 Å². The molecule has 7 heteroatoms. The van der Waals surface area contributed by atoms with Gasteiger partial charge in [-0.25, -0.2) is 14.6 Å². The minimum atomic E-state index is -0.358. The third-order valence-electron chi connectivity index (χ3n) is 4.91. The number of hydrogen-bond acceptors (Lipinski definition) is 4. The number of hydrogen-bond donors (Lipinski definition) is 2. The van der Waals surface area contributed by atoms with E-state index in [1.807, 2.05) is 72.2 Å². The topological polar surface area (TPSA) is 84.7 Å². The van der Waals surface area contributed by atoms with E-state index >= 15 is 0 Å². The van der Waals surface area contributed by atoms with Gasteiger partial charge in [-0.2, -0.15) is 0 Å². The van der Waals surface area contributed by atoms with Crippen LogP contribution in [0.1, 0.15) is 17.3 Å². The minimum absolute atomic E-state index is 0.236. The van der Waals surface area contributed by atoms with Crippen molar-refractivity contribution in [2.24, 2.45) is 0 Å². The maximum absolute atomic E-state index is 11.8. The SMILES string of the molecule is CCNC(=O)Nc1cccc(-c2cnc3cc(-c4ccc(C(=O)OC)cc4)ccn23)c1. The van der Waals surface area contributed by atoms with Crippen molar-refractivity contribution in [1.82, 2.24) is 14.7 Å². The van der Waals surface area contributed by atoms with E-state index in [0.29, 0.717) is 17.8 Å². The summed E-state index contributed by atoms with van der Waals surface area (Å²) >= 11 is 0. The number of ether oxygens (including phenoxy) is 1. The number of aromatic nitrogens is 2. The summed E-state index contributed by atoms with van der Waals surface area (Å²) in [7, 11) is 1.37. The Morgan fingerprint density at radius 3 is 2.55 bits per heavy atom. The molecule has 0 bridgehead atoms. The van der Waals surface area contributed by atoms with Crippen LogP contribution in [0.2, 0.25) is 0 Å². The highest BCUT2D eigenvalue weighted by atomic mass is 16.5. The zero-order valence-corrected chi connectivity index (χ0v) is 17.3. The second kappa shape index (κ2) is 8.71. The van der Waals surface area contributed by atoms with Crippen LogP contribution in [0.15, 0.2) is 73.1 Å². The van der Waals surface area contributed by atoms with Crippen LogP contribution in [-0.2, 0) is 4.74 Å². The Bertz CT molecular complexity index is 1250. The molecule has 4 aromatic rings. The third-order valence-corrected chi connectivity index (χ3v) is 4.91. The number of fused-ring (bicyclic) bond motifs is 1. The summed E-state index contributed by atoms with van der Waals surface area (Å²) in [6.07, 6.45) is 3.77. The van der Waals surface area contributed by atoms with Crippen LogP contribution in [0.4, 0.5) is 10.5 Å². The van der Waals surface area contributed by atoms with Gasteiger partial charge in [-0.05, 0) is 54.4 Å². The zero-order valence-electron chi connectivity index (χ0n) is 17.3. The van der Waals surface area contributed by atoms with Crippen molar-refractivity contribution >= 4 is 23.3 Å². The lowest BCUT2D eigenvalue weighted by atomic mass is 10.0. The number of carbonyl (C=O) groups is 2. The molecule has 31 heavy (non-hydrogen) atoms. The Morgan fingerprint density at radius 2 is 1.81 bits per heavy atom. The first-order chi connectivity index (χ1) is 15.1. The molecule has 0 aliphatic carbocycles. The Hall–Kier alpha value is -4.13. The summed E-state index contributed by atoms with van der Waals surface area (Å²) in [5, 5.41) is 5.55. The predicted octanol–water partition coefficient (Wildman–Crippen LogP) is 4.60. The molecule has 0 aliphatic rings. The molecule has 0 saturated carbocycles. The van der Waals surface area contributed by atoms with Gasteiger partial charge in [0, 0.05) is 24.0 Å². The molecule has 2 amide bonds. The van der Waals surface area contributed by atoms with Gasteiger partial charge in [-0.1, -0.05) is 24.3 Å². The molecule has 4 rings (SSSR count). The molecular formula is C24H22N4O3. The van der Waals surface area contributed by atoms with Crippen LogP contribution >= 0.6 is 0 Å². The van der Waals surface area contributed by atoms with Gasteiger partial charge in [-0.3, -0.25) is 4.40 Å². The van der Waals surface area contributed by atoms with E-state index in [1.54, 1.807) is 12.1 Å². The van der Waals surface area contributed by atoms with Crippen molar-refractivity contribution in [2.45, 2.75) is 6.92 Å². The Labute approximate surface area is 179 Å². The van der Waals surface area contributed by atoms with E-state index in [9.17, 15) is 9.59 Å². The monoisotopic (exact) mass is 414 g/mol. The van der Waals surface area contributed by atoms with Crippen LogP contribution in [0, 0.1) is 0 Å². The van der Waals surface area contributed by atoms with Crippen molar-refractivity contribution in [3.63, 3.8) is 0 Å². The maximum atomic E-state index is 11.8. The first kappa shape index (κ1) is 20.2. The van der Waals surface area contributed by atoms with E-state index in [2.05, 4.69) is 15.6 Å². The van der Waals surface area contributed by atoms with Crippen LogP contribution in [0.5, 0.6) is 0 Å². The number of amides is 2. The number of methoxy groups -OCH3 is 1. The number of anilines is 1. The number of benzene rings is 2. The number of urea groups is 1. The Kier molecular flexibility index (Phi) is 5.66. The number of pyridine rings is 1. The largest absolute Gasteiger partial charge is 0.465 e. The fourth-order valence-electron chi connectivity index (χ4n) is 3.38. The van der Waals surface area contributed by atoms with Gasteiger partial charge in [0.05, 0.1) is 24.6 Å². The number of esters is 1. The lowest BCUT2D eigenvalue weighted by Crippen LogP contribution is -2.28. The van der Waals surface area contributed by atoms with Gasteiger partial charge in [-0.15, -0.1) is 0 Å². The molecule has 2 aromatic heterocycles. The standard InChI is InChI=1S/C24H22N4O3/c1-3-25-24(30)27-20-6-4-5-19(13-20)21-15-26-22-14-18(11-12-28(21)22)16-7-9-17(10-8-16)23(29)31-2/h4-15H,3H2,1-2H3,(H2,25,27,30). The van der Waals surface area contributed by atoms with Gasteiger partial charge in [0.15, 0.2) is 0 Å². The number of rotatable bonds is 5. The molecule has 0 unspecified atom stereocenters. The molecule has 2 aromatic carbocycles. The van der Waals surface area contributed by atoms with E-state index in [0.717, 1.165) is 28.0 Å². The summed E-state index contributed by atoms with van der Waals surface area (Å²) in [5.41, 5.74) is 5.85. The lowest BCUT2D eigenvalue weighted by molar-refractivity contribution is 0.0600. The molecule has 7 nitrogen and oxygen atoms in total. The van der Waals surface area contributed by atoms with E-state index < -0.39 is 0 Å². The summed E-state index contributed by atoms with van der Waals surface area (Å²) in [4.78, 5) is 28.0. The molecular weight excluding hydrogens is 392 g/mol. The fraction of sp³-hybridized carbons (Fsp3) is 0.125. The van der Waals surface area contributed by atoms with Crippen molar-refractivity contribution in [2.75, 3.05) is 19.0 Å². The van der Waals surface area contributed by atoms with E-state index in [4.69, 9.17) is 4.74 Å². The van der Waals surface area contributed by atoms with Crippen LogP contribution in [-0.4, -0.2) is 35.0 Å². The van der Waals surface area contributed by atoms with Gasteiger partial charge in [0.1, 0.15) is 5.65 Å². The second-order valence-corrected chi connectivity index (χ2v) is 6.92. The summed E-state index contributed by atoms with van der Waals surface area (Å²) in [5.74, 6) is -0.358. The van der Waals surface area contributed by atoms with Crippen LogP contribution < -0.4 is 10.6 Å². The van der Waals surface area contributed by atoms with E-state index in [-0.39, 0.29) is 12.0 Å². The molecule has 156 valence electrons. The number of carbonyl (C=O) groups excluding carboxylic acids is 2. The molecule has 0 atom stereocenters. The molecule has 0 aliphatic heterocycles. The first-order valence-corrected chi connectivity index (χ1v) is 9.90. The highest BCUT2D eigenvalue weighted by Gasteiger charge is 2.10. The molecule has 0 radical (unpaired) electrons. The average molecular weight is 414 g/mol. The Morgan fingerprint density at radius 1 is 1.00 bits per heavy atom.